The smallest absolute Gasteiger partial charge is 0.266 e. The number of hydrazine groups is 1. The molecule has 0 atom stereocenters. The molecular formula is C28H33N7O5S. The van der Waals surface area contributed by atoms with Gasteiger partial charge in [0.25, 0.3) is 5.91 Å². The summed E-state index contributed by atoms with van der Waals surface area (Å²) in [5, 5.41) is 4.37. The number of nitrogens with zero attached hydrogens (tertiary/aromatic N) is 4. The average Bonchev–Trinajstić information content (AvgIpc) is 3.41. The van der Waals surface area contributed by atoms with E-state index in [9.17, 15) is 13.2 Å². The number of ether oxygens (including phenoxy) is 2. The van der Waals surface area contributed by atoms with Crippen molar-refractivity contribution >= 4 is 27.2 Å². The van der Waals surface area contributed by atoms with Crippen LogP contribution in [0.3, 0.4) is 0 Å². The van der Waals surface area contributed by atoms with Crippen LogP contribution in [0.4, 0.5) is 5.82 Å². The average molecular weight is 580 g/mol. The molecule has 13 heteroatoms. The first-order valence-corrected chi connectivity index (χ1v) is 15.1. The van der Waals surface area contributed by atoms with Crippen molar-refractivity contribution in [3.05, 3.63) is 60.6 Å². The molecule has 4 aromatic rings. The van der Waals surface area contributed by atoms with Gasteiger partial charge in [0.05, 0.1) is 30.8 Å². The Balaban J connectivity index is 1.53. The molecule has 216 valence electrons. The monoisotopic (exact) mass is 579 g/mol. The van der Waals surface area contributed by atoms with Crippen molar-refractivity contribution < 1.29 is 22.7 Å². The Morgan fingerprint density at radius 2 is 1.83 bits per heavy atom. The lowest BCUT2D eigenvalue weighted by Crippen LogP contribution is -2.53. The lowest BCUT2D eigenvalue weighted by Gasteiger charge is -2.38. The van der Waals surface area contributed by atoms with E-state index in [0.717, 1.165) is 23.1 Å². The summed E-state index contributed by atoms with van der Waals surface area (Å²) in [7, 11) is -2.22. The molecule has 1 amide bonds. The number of anilines is 1. The molecule has 0 spiro atoms. The largest absolute Gasteiger partial charge is 0.382 e. The standard InChI is InChI=1S/C28H33N7O5S/c1-39-14-15-40-28(27(36)34-30)12-10-19(11-13-28)23-24(41(2,37)38)25(29)35-26(33-23)21(17-32-35)20-8-9-22(31-16-20)18-6-4-3-5-7-18/h3-9,16-17,19H,10-15,29-30H2,1-2H3,(H,34,36). The Kier molecular flexibility index (Phi) is 8.04. The number of hydrogen-bond acceptors (Lipinski definition) is 10. The van der Waals surface area contributed by atoms with Crippen molar-refractivity contribution in [2.24, 2.45) is 5.84 Å². The number of rotatable bonds is 9. The van der Waals surface area contributed by atoms with E-state index in [2.05, 4.69) is 15.5 Å². The van der Waals surface area contributed by atoms with Gasteiger partial charge in [0.1, 0.15) is 16.3 Å². The number of aromatic nitrogens is 4. The summed E-state index contributed by atoms with van der Waals surface area (Å²) >= 11 is 0. The fraction of sp³-hybridized carbons (Fsp3) is 0.357. The first-order valence-electron chi connectivity index (χ1n) is 13.2. The predicted octanol–water partition coefficient (Wildman–Crippen LogP) is 2.49. The van der Waals surface area contributed by atoms with E-state index in [-0.39, 0.29) is 23.2 Å². The van der Waals surface area contributed by atoms with Crippen LogP contribution in [0, 0.1) is 0 Å². The SMILES string of the molecule is COCCOC1(C(=O)NN)CCC(c2nc3c(-c4ccc(-c5ccccc5)nc4)cnn3c(N)c2S(C)(=O)=O)CC1. The van der Waals surface area contributed by atoms with Gasteiger partial charge < -0.3 is 15.2 Å². The molecule has 12 nitrogen and oxygen atoms in total. The quantitative estimate of drug-likeness (QED) is 0.116. The molecular weight excluding hydrogens is 546 g/mol. The number of methoxy groups -OCH3 is 1. The molecule has 3 heterocycles. The van der Waals surface area contributed by atoms with E-state index in [1.165, 1.54) is 4.52 Å². The lowest BCUT2D eigenvalue weighted by atomic mass is 9.76. The molecule has 5 rings (SSSR count). The maximum atomic E-state index is 13.0. The zero-order chi connectivity index (χ0) is 29.2. The lowest BCUT2D eigenvalue weighted by molar-refractivity contribution is -0.154. The first-order chi connectivity index (χ1) is 19.7. The molecule has 1 saturated carbocycles. The molecule has 1 aromatic carbocycles. The minimum atomic E-state index is -3.77. The van der Waals surface area contributed by atoms with Crippen LogP contribution in [0.15, 0.2) is 59.8 Å². The minimum absolute atomic E-state index is 0.0134. The normalized spacial score (nSPS) is 19.3. The van der Waals surface area contributed by atoms with Crippen LogP contribution in [0.2, 0.25) is 0 Å². The van der Waals surface area contributed by atoms with Crippen molar-refractivity contribution in [1.29, 1.82) is 0 Å². The maximum Gasteiger partial charge on any atom is 0.266 e. The second kappa shape index (κ2) is 11.5. The Hall–Kier alpha value is -3.91. The highest BCUT2D eigenvalue weighted by molar-refractivity contribution is 7.91. The topological polar surface area (TPSA) is 177 Å². The van der Waals surface area contributed by atoms with Crippen molar-refractivity contribution in [2.45, 2.75) is 42.1 Å². The van der Waals surface area contributed by atoms with Gasteiger partial charge in [-0.25, -0.2) is 19.2 Å². The van der Waals surface area contributed by atoms with Crippen LogP contribution < -0.4 is 17.0 Å². The number of carbonyl (C=O) groups is 1. The summed E-state index contributed by atoms with van der Waals surface area (Å²) in [6.45, 7) is 0.539. The second-order valence-corrected chi connectivity index (χ2v) is 12.1. The number of hydrogen-bond donors (Lipinski definition) is 3. The van der Waals surface area contributed by atoms with Gasteiger partial charge in [-0.2, -0.15) is 9.61 Å². The van der Waals surface area contributed by atoms with Gasteiger partial charge >= 0.3 is 0 Å². The maximum absolute atomic E-state index is 13.0. The number of fused-ring (bicyclic) bond motifs is 1. The van der Waals surface area contributed by atoms with Gasteiger partial charge in [-0.1, -0.05) is 36.4 Å². The van der Waals surface area contributed by atoms with Gasteiger partial charge in [-0.15, -0.1) is 0 Å². The summed E-state index contributed by atoms with van der Waals surface area (Å²) in [6.07, 6.45) is 5.95. The van der Waals surface area contributed by atoms with Crippen molar-refractivity contribution in [3.63, 3.8) is 0 Å². The molecule has 3 aromatic heterocycles. The molecule has 0 aliphatic heterocycles. The van der Waals surface area contributed by atoms with Gasteiger partial charge in [0, 0.05) is 42.2 Å². The Bertz CT molecular complexity index is 1650. The van der Waals surface area contributed by atoms with Crippen LogP contribution in [0.25, 0.3) is 28.0 Å². The number of nitrogens with two attached hydrogens (primary N) is 2. The van der Waals surface area contributed by atoms with Crippen molar-refractivity contribution in [2.75, 3.05) is 32.3 Å². The molecule has 0 saturated heterocycles. The third-order valence-electron chi connectivity index (χ3n) is 7.57. The fourth-order valence-corrected chi connectivity index (χ4v) is 6.52. The summed E-state index contributed by atoms with van der Waals surface area (Å²) in [6, 6.07) is 13.7. The van der Waals surface area contributed by atoms with E-state index < -0.39 is 21.3 Å². The van der Waals surface area contributed by atoms with Crippen LogP contribution in [-0.2, 0) is 24.1 Å². The third kappa shape index (κ3) is 5.53. The molecule has 0 bridgehead atoms. The minimum Gasteiger partial charge on any atom is -0.382 e. The van der Waals surface area contributed by atoms with E-state index in [1.54, 1.807) is 19.5 Å². The Morgan fingerprint density at radius 1 is 1.10 bits per heavy atom. The van der Waals surface area contributed by atoms with E-state index >= 15 is 0 Å². The summed E-state index contributed by atoms with van der Waals surface area (Å²) < 4.78 is 38.3. The zero-order valence-electron chi connectivity index (χ0n) is 22.9. The molecule has 5 N–H and O–H groups in total. The van der Waals surface area contributed by atoms with Crippen LogP contribution in [-0.4, -0.2) is 66.1 Å². The van der Waals surface area contributed by atoms with Crippen molar-refractivity contribution in [1.82, 2.24) is 25.0 Å². The van der Waals surface area contributed by atoms with E-state index in [0.29, 0.717) is 49.2 Å². The van der Waals surface area contributed by atoms with E-state index in [4.69, 9.17) is 26.0 Å². The number of pyridine rings is 1. The van der Waals surface area contributed by atoms with E-state index in [1.807, 2.05) is 42.5 Å². The molecule has 41 heavy (non-hydrogen) atoms. The van der Waals surface area contributed by atoms with Gasteiger partial charge in [0.2, 0.25) is 0 Å². The molecule has 0 radical (unpaired) electrons. The number of sulfone groups is 1. The van der Waals surface area contributed by atoms with Gasteiger partial charge in [-0.3, -0.25) is 15.2 Å². The number of benzene rings is 1. The predicted molar refractivity (Wildman–Crippen MR) is 153 cm³/mol. The number of amides is 1. The number of carbonyl (C=O) groups excluding carboxylic acids is 1. The molecule has 0 unspecified atom stereocenters. The Labute approximate surface area is 238 Å². The highest BCUT2D eigenvalue weighted by Crippen LogP contribution is 2.43. The third-order valence-corrected chi connectivity index (χ3v) is 8.73. The summed E-state index contributed by atoms with van der Waals surface area (Å²) in [5.74, 6) is 4.74. The Morgan fingerprint density at radius 3 is 2.44 bits per heavy atom. The summed E-state index contributed by atoms with van der Waals surface area (Å²) in [5.41, 5.74) is 11.5. The first kappa shape index (κ1) is 28.6. The number of nitrogens with one attached hydrogen (secondary N) is 1. The number of nitrogen functional groups attached to an aromatic ring is 1. The van der Waals surface area contributed by atoms with Crippen molar-refractivity contribution in [3.8, 4) is 22.4 Å². The van der Waals surface area contributed by atoms with Crippen LogP contribution in [0.1, 0.15) is 37.3 Å². The highest BCUT2D eigenvalue weighted by atomic mass is 32.2. The molecule has 1 fully saturated rings. The van der Waals surface area contributed by atoms with Crippen LogP contribution in [0.5, 0.6) is 0 Å². The van der Waals surface area contributed by atoms with Crippen LogP contribution >= 0.6 is 0 Å². The zero-order valence-corrected chi connectivity index (χ0v) is 23.7. The summed E-state index contributed by atoms with van der Waals surface area (Å²) in [4.78, 5) is 22.1. The fourth-order valence-electron chi connectivity index (χ4n) is 5.46. The van der Waals surface area contributed by atoms with Gasteiger partial charge in [0.15, 0.2) is 15.5 Å². The van der Waals surface area contributed by atoms with Gasteiger partial charge in [-0.05, 0) is 31.7 Å². The molecule has 1 aliphatic rings. The second-order valence-electron chi connectivity index (χ2n) is 10.2. The molecule has 1 aliphatic carbocycles. The highest BCUT2D eigenvalue weighted by Gasteiger charge is 2.44.